The third kappa shape index (κ3) is 5.44. The summed E-state index contributed by atoms with van der Waals surface area (Å²) in [6, 6.07) is 12.4. The van der Waals surface area contributed by atoms with E-state index in [2.05, 4.69) is 5.32 Å². The molecular weight excluding hydrogens is 360 g/mol. The largest absolute Gasteiger partial charge is 0.464 e. The van der Waals surface area contributed by atoms with Gasteiger partial charge in [-0.05, 0) is 54.3 Å². The van der Waals surface area contributed by atoms with Crippen LogP contribution in [0.3, 0.4) is 0 Å². The van der Waals surface area contributed by atoms with Crippen molar-refractivity contribution in [2.75, 3.05) is 7.11 Å². The van der Waals surface area contributed by atoms with E-state index in [9.17, 15) is 14.4 Å². The first-order chi connectivity index (χ1) is 13.3. The summed E-state index contributed by atoms with van der Waals surface area (Å²) < 4.78 is 9.88. The molecule has 2 amide bonds. The zero-order chi connectivity index (χ0) is 20.7. The van der Waals surface area contributed by atoms with Crippen molar-refractivity contribution in [3.05, 3.63) is 76.0 Å². The van der Waals surface area contributed by atoms with Crippen molar-refractivity contribution in [3.8, 4) is 0 Å². The van der Waals surface area contributed by atoms with Crippen molar-refractivity contribution in [3.63, 3.8) is 0 Å². The first-order valence-corrected chi connectivity index (χ1v) is 8.50. The Morgan fingerprint density at radius 3 is 2.21 bits per heavy atom. The Morgan fingerprint density at radius 1 is 1.07 bits per heavy atom. The van der Waals surface area contributed by atoms with Crippen LogP contribution in [0.5, 0.6) is 0 Å². The third-order valence-electron chi connectivity index (χ3n) is 4.02. The van der Waals surface area contributed by atoms with Gasteiger partial charge in [0.05, 0.1) is 7.11 Å². The average Bonchev–Trinajstić information content (AvgIpc) is 2.68. The molecule has 2 rings (SSSR count). The molecule has 2 aromatic carbocycles. The fraction of sp³-hybridized carbons (Fsp3) is 0.190. The number of benzene rings is 2. The quantitative estimate of drug-likeness (QED) is 0.590. The second kappa shape index (κ2) is 9.36. The lowest BCUT2D eigenvalue weighted by molar-refractivity contribution is -0.136. The monoisotopic (exact) mass is 382 g/mol. The van der Waals surface area contributed by atoms with Crippen molar-refractivity contribution < 1.29 is 23.9 Å². The molecule has 0 aliphatic heterocycles. The number of rotatable bonds is 6. The van der Waals surface area contributed by atoms with Gasteiger partial charge >= 0.3 is 12.1 Å². The number of alkyl carbamates (subject to hydrolysis) is 1. The number of ether oxygens (including phenoxy) is 2. The zero-order valence-electron chi connectivity index (χ0n) is 15.9. The molecule has 3 N–H and O–H groups in total. The number of primary amides is 1. The second-order valence-corrected chi connectivity index (χ2v) is 6.12. The van der Waals surface area contributed by atoms with Crippen LogP contribution in [0, 0.1) is 13.8 Å². The molecule has 0 radical (unpaired) electrons. The van der Waals surface area contributed by atoms with Crippen LogP contribution in [0.1, 0.15) is 32.6 Å². The zero-order valence-corrected chi connectivity index (χ0v) is 15.9. The van der Waals surface area contributed by atoms with Crippen LogP contribution < -0.4 is 11.1 Å². The molecule has 0 heterocycles. The molecule has 146 valence electrons. The van der Waals surface area contributed by atoms with E-state index in [0.717, 1.165) is 16.7 Å². The lowest BCUT2D eigenvalue weighted by Gasteiger charge is -2.12. The number of esters is 1. The lowest BCUT2D eigenvalue weighted by atomic mass is 9.98. The van der Waals surface area contributed by atoms with Gasteiger partial charge in [-0.25, -0.2) is 9.59 Å². The minimum atomic E-state index is -0.787. The second-order valence-electron chi connectivity index (χ2n) is 6.12. The molecule has 0 aliphatic carbocycles. The first-order valence-electron chi connectivity index (χ1n) is 8.50. The number of hydrogen-bond acceptors (Lipinski definition) is 5. The minimum Gasteiger partial charge on any atom is -0.464 e. The number of aryl methyl sites for hydroxylation is 2. The Labute approximate surface area is 163 Å². The summed E-state index contributed by atoms with van der Waals surface area (Å²) in [6.45, 7) is 3.61. The molecule has 0 atom stereocenters. The predicted octanol–water partition coefficient (Wildman–Crippen LogP) is 2.84. The molecule has 0 spiro atoms. The lowest BCUT2D eigenvalue weighted by Crippen LogP contribution is -2.28. The van der Waals surface area contributed by atoms with Crippen LogP contribution in [-0.4, -0.2) is 25.1 Å². The highest BCUT2D eigenvalue weighted by molar-refractivity contribution is 5.98. The van der Waals surface area contributed by atoms with E-state index in [1.165, 1.54) is 13.2 Å². The van der Waals surface area contributed by atoms with Crippen LogP contribution in [0.2, 0.25) is 0 Å². The fourth-order valence-corrected chi connectivity index (χ4v) is 2.61. The Hall–Kier alpha value is -3.61. The number of amides is 2. The highest BCUT2D eigenvalue weighted by Gasteiger charge is 2.16. The molecule has 28 heavy (non-hydrogen) atoms. The summed E-state index contributed by atoms with van der Waals surface area (Å²) in [7, 11) is 1.21. The van der Waals surface area contributed by atoms with Gasteiger partial charge in [0.2, 0.25) is 5.91 Å². The maximum atomic E-state index is 12.1. The van der Waals surface area contributed by atoms with Crippen LogP contribution in [-0.2, 0) is 20.9 Å². The Kier molecular flexibility index (Phi) is 6.92. The average molecular weight is 382 g/mol. The van der Waals surface area contributed by atoms with Crippen LogP contribution >= 0.6 is 0 Å². The number of hydrogen-bond donors (Lipinski definition) is 2. The number of nitrogens with one attached hydrogen (secondary N) is 1. The Balaban J connectivity index is 2.22. The van der Waals surface area contributed by atoms with Crippen molar-refractivity contribution in [2.45, 2.75) is 20.5 Å². The molecule has 0 fully saturated rings. The SMILES string of the molecule is COC(=O)C(=Cc1c(C)cc(C(N)=O)cc1C)NC(=O)OCc1ccccc1. The van der Waals surface area contributed by atoms with Gasteiger partial charge in [0, 0.05) is 5.56 Å². The van der Waals surface area contributed by atoms with E-state index >= 15 is 0 Å². The van der Waals surface area contributed by atoms with E-state index in [4.69, 9.17) is 15.2 Å². The third-order valence-corrected chi connectivity index (χ3v) is 4.02. The van der Waals surface area contributed by atoms with Gasteiger partial charge in [-0.15, -0.1) is 0 Å². The van der Waals surface area contributed by atoms with Crippen LogP contribution in [0.25, 0.3) is 6.08 Å². The fourth-order valence-electron chi connectivity index (χ4n) is 2.61. The highest BCUT2D eigenvalue weighted by atomic mass is 16.6. The number of nitrogens with two attached hydrogens (primary N) is 1. The highest BCUT2D eigenvalue weighted by Crippen LogP contribution is 2.20. The van der Waals surface area contributed by atoms with Crippen LogP contribution in [0.15, 0.2) is 48.2 Å². The Bertz CT molecular complexity index is 897. The molecule has 2 aromatic rings. The summed E-state index contributed by atoms with van der Waals surface area (Å²) >= 11 is 0. The standard InChI is InChI=1S/C21H22N2O5/c1-13-9-16(19(22)24)10-14(2)17(13)11-18(20(25)27-3)23-21(26)28-12-15-7-5-4-6-8-15/h4-11H,12H2,1-3H3,(H2,22,24)(H,23,26). The number of carbonyl (C=O) groups excluding carboxylic acids is 3. The van der Waals surface area contributed by atoms with Gasteiger partial charge in [0.15, 0.2) is 0 Å². The van der Waals surface area contributed by atoms with Crippen molar-refractivity contribution in [1.82, 2.24) is 5.32 Å². The summed E-state index contributed by atoms with van der Waals surface area (Å²) in [6.07, 6.45) is 0.690. The van der Waals surface area contributed by atoms with Gasteiger partial charge < -0.3 is 15.2 Å². The van der Waals surface area contributed by atoms with Gasteiger partial charge in [-0.3, -0.25) is 10.1 Å². The molecular formula is C21H22N2O5. The summed E-state index contributed by atoms with van der Waals surface area (Å²) in [4.78, 5) is 35.6. The molecule has 0 aliphatic rings. The normalized spacial score (nSPS) is 10.9. The molecule has 0 bridgehead atoms. The number of carbonyl (C=O) groups is 3. The molecule has 0 unspecified atom stereocenters. The molecule has 0 saturated carbocycles. The van der Waals surface area contributed by atoms with E-state index in [0.29, 0.717) is 11.1 Å². The van der Waals surface area contributed by atoms with Crippen molar-refractivity contribution in [1.29, 1.82) is 0 Å². The van der Waals surface area contributed by atoms with E-state index in [1.54, 1.807) is 26.0 Å². The van der Waals surface area contributed by atoms with Crippen molar-refractivity contribution >= 4 is 24.0 Å². The molecule has 7 nitrogen and oxygen atoms in total. The maximum Gasteiger partial charge on any atom is 0.412 e. The topological polar surface area (TPSA) is 108 Å². The summed E-state index contributed by atoms with van der Waals surface area (Å²) in [5, 5.41) is 2.41. The van der Waals surface area contributed by atoms with Gasteiger partial charge in [0.1, 0.15) is 12.3 Å². The van der Waals surface area contributed by atoms with Gasteiger partial charge in [0.25, 0.3) is 0 Å². The van der Waals surface area contributed by atoms with Crippen LogP contribution in [0.4, 0.5) is 4.79 Å². The smallest absolute Gasteiger partial charge is 0.412 e. The van der Waals surface area contributed by atoms with Gasteiger partial charge in [-0.1, -0.05) is 30.3 Å². The molecule has 0 aromatic heterocycles. The first kappa shape index (κ1) is 20.7. The number of methoxy groups -OCH3 is 1. The van der Waals surface area contributed by atoms with Crippen molar-refractivity contribution in [2.24, 2.45) is 5.73 Å². The van der Waals surface area contributed by atoms with E-state index < -0.39 is 18.0 Å². The van der Waals surface area contributed by atoms with E-state index in [1.807, 2.05) is 30.3 Å². The minimum absolute atomic E-state index is 0.0620. The summed E-state index contributed by atoms with van der Waals surface area (Å²) in [5.41, 5.74) is 8.51. The maximum absolute atomic E-state index is 12.1. The van der Waals surface area contributed by atoms with Gasteiger partial charge in [-0.2, -0.15) is 0 Å². The van der Waals surface area contributed by atoms with E-state index in [-0.39, 0.29) is 12.3 Å². The summed E-state index contributed by atoms with van der Waals surface area (Å²) in [5.74, 6) is -1.27. The Morgan fingerprint density at radius 2 is 1.68 bits per heavy atom. The molecule has 0 saturated heterocycles. The molecule has 7 heteroatoms. The predicted molar refractivity (Wildman–Crippen MR) is 104 cm³/mol.